The van der Waals surface area contributed by atoms with Gasteiger partial charge in [0.1, 0.15) is 11.6 Å². The minimum atomic E-state index is -0.418. The summed E-state index contributed by atoms with van der Waals surface area (Å²) in [5.41, 5.74) is 13.7. The molecule has 0 atom stereocenters. The number of nitrogens with zero attached hydrogens (tertiary/aromatic N) is 3. The molecule has 0 aliphatic rings. The normalized spacial score (nSPS) is 10.4. The number of benzene rings is 1. The molecule has 0 unspecified atom stereocenters. The van der Waals surface area contributed by atoms with E-state index < -0.39 is 5.91 Å². The standard InChI is InChI=1S/C15H19N5O/c1-10-7-15(19-11(2)18-10)20(9-14(17)21)8-12-5-3-4-6-13(12)16/h3-7H,8-9,16H2,1-2H3,(H2,17,21). The lowest BCUT2D eigenvalue weighted by Crippen LogP contribution is -2.34. The predicted molar refractivity (Wildman–Crippen MR) is 82.6 cm³/mol. The number of para-hydroxylation sites is 1. The van der Waals surface area contributed by atoms with Crippen LogP contribution in [0.4, 0.5) is 11.5 Å². The van der Waals surface area contributed by atoms with Gasteiger partial charge < -0.3 is 16.4 Å². The van der Waals surface area contributed by atoms with Crippen molar-refractivity contribution >= 4 is 17.4 Å². The molecular weight excluding hydrogens is 266 g/mol. The van der Waals surface area contributed by atoms with Crippen LogP contribution in [0, 0.1) is 13.8 Å². The molecule has 0 aliphatic heterocycles. The zero-order valence-corrected chi connectivity index (χ0v) is 12.2. The number of carbonyl (C=O) groups excluding carboxylic acids is 1. The summed E-state index contributed by atoms with van der Waals surface area (Å²) >= 11 is 0. The highest BCUT2D eigenvalue weighted by Gasteiger charge is 2.14. The molecule has 0 bridgehead atoms. The molecule has 21 heavy (non-hydrogen) atoms. The molecule has 110 valence electrons. The van der Waals surface area contributed by atoms with Crippen molar-refractivity contribution in [3.05, 3.63) is 47.4 Å². The third-order valence-electron chi connectivity index (χ3n) is 3.04. The summed E-state index contributed by atoms with van der Waals surface area (Å²) in [6.45, 7) is 4.24. The Hall–Kier alpha value is -2.63. The Kier molecular flexibility index (Phi) is 4.37. The molecule has 0 fully saturated rings. The van der Waals surface area contributed by atoms with Crippen LogP contribution in [0.15, 0.2) is 30.3 Å². The summed E-state index contributed by atoms with van der Waals surface area (Å²) < 4.78 is 0. The topological polar surface area (TPSA) is 98.1 Å². The lowest BCUT2D eigenvalue weighted by molar-refractivity contribution is -0.116. The number of carbonyl (C=O) groups is 1. The second-order valence-corrected chi connectivity index (χ2v) is 4.94. The fourth-order valence-corrected chi connectivity index (χ4v) is 2.15. The second kappa shape index (κ2) is 6.21. The summed E-state index contributed by atoms with van der Waals surface area (Å²) in [5.74, 6) is 0.904. The number of nitrogen functional groups attached to an aromatic ring is 1. The highest BCUT2D eigenvalue weighted by Crippen LogP contribution is 2.19. The van der Waals surface area contributed by atoms with Crippen molar-refractivity contribution in [2.75, 3.05) is 17.2 Å². The van der Waals surface area contributed by atoms with E-state index >= 15 is 0 Å². The Morgan fingerprint density at radius 3 is 2.57 bits per heavy atom. The van der Waals surface area contributed by atoms with Gasteiger partial charge in [0.05, 0.1) is 6.54 Å². The van der Waals surface area contributed by atoms with E-state index in [1.807, 2.05) is 44.2 Å². The fourth-order valence-electron chi connectivity index (χ4n) is 2.15. The van der Waals surface area contributed by atoms with Crippen LogP contribution in [0.5, 0.6) is 0 Å². The van der Waals surface area contributed by atoms with Crippen molar-refractivity contribution < 1.29 is 4.79 Å². The van der Waals surface area contributed by atoms with Crippen LogP contribution < -0.4 is 16.4 Å². The Morgan fingerprint density at radius 1 is 1.24 bits per heavy atom. The summed E-state index contributed by atoms with van der Waals surface area (Å²) in [4.78, 5) is 21.8. The Bertz CT molecular complexity index is 636. The van der Waals surface area contributed by atoms with Gasteiger partial charge in [-0.2, -0.15) is 0 Å². The number of aryl methyl sites for hydroxylation is 2. The van der Waals surface area contributed by atoms with Crippen molar-refractivity contribution in [2.45, 2.75) is 20.4 Å². The molecule has 1 aromatic carbocycles. The smallest absolute Gasteiger partial charge is 0.237 e. The number of amides is 1. The average Bonchev–Trinajstić information content (AvgIpc) is 2.39. The van der Waals surface area contributed by atoms with Crippen LogP contribution in [-0.4, -0.2) is 22.4 Å². The van der Waals surface area contributed by atoms with Gasteiger partial charge in [-0.15, -0.1) is 0 Å². The van der Waals surface area contributed by atoms with Gasteiger partial charge in [0.25, 0.3) is 0 Å². The average molecular weight is 285 g/mol. The number of hydrogen-bond donors (Lipinski definition) is 2. The highest BCUT2D eigenvalue weighted by molar-refractivity contribution is 5.79. The van der Waals surface area contributed by atoms with Gasteiger partial charge in [-0.25, -0.2) is 9.97 Å². The molecule has 1 heterocycles. The van der Waals surface area contributed by atoms with Crippen molar-refractivity contribution in [3.8, 4) is 0 Å². The first-order chi connectivity index (χ1) is 9.95. The van der Waals surface area contributed by atoms with Crippen molar-refractivity contribution in [1.29, 1.82) is 0 Å². The van der Waals surface area contributed by atoms with Gasteiger partial charge in [-0.1, -0.05) is 18.2 Å². The van der Waals surface area contributed by atoms with Crippen LogP contribution in [0.1, 0.15) is 17.1 Å². The van der Waals surface area contributed by atoms with Crippen molar-refractivity contribution in [3.63, 3.8) is 0 Å². The van der Waals surface area contributed by atoms with Crippen LogP contribution in [0.2, 0.25) is 0 Å². The van der Waals surface area contributed by atoms with Gasteiger partial charge in [0, 0.05) is 24.0 Å². The lowest BCUT2D eigenvalue weighted by Gasteiger charge is -2.23. The highest BCUT2D eigenvalue weighted by atomic mass is 16.1. The maximum absolute atomic E-state index is 11.3. The minimum Gasteiger partial charge on any atom is -0.398 e. The Morgan fingerprint density at radius 2 is 1.95 bits per heavy atom. The maximum atomic E-state index is 11.3. The maximum Gasteiger partial charge on any atom is 0.237 e. The molecule has 4 N–H and O–H groups in total. The number of hydrogen-bond acceptors (Lipinski definition) is 5. The Balaban J connectivity index is 2.34. The third-order valence-corrected chi connectivity index (χ3v) is 3.04. The monoisotopic (exact) mass is 285 g/mol. The molecule has 2 aromatic rings. The lowest BCUT2D eigenvalue weighted by atomic mass is 10.1. The first-order valence-electron chi connectivity index (χ1n) is 6.64. The third kappa shape index (κ3) is 3.92. The molecule has 1 amide bonds. The second-order valence-electron chi connectivity index (χ2n) is 4.94. The zero-order chi connectivity index (χ0) is 15.4. The van der Waals surface area contributed by atoms with E-state index in [0.29, 0.717) is 23.9 Å². The van der Waals surface area contributed by atoms with Crippen molar-refractivity contribution in [1.82, 2.24) is 9.97 Å². The molecule has 1 aromatic heterocycles. The summed E-state index contributed by atoms with van der Waals surface area (Å²) in [5, 5.41) is 0. The van der Waals surface area contributed by atoms with Crippen molar-refractivity contribution in [2.24, 2.45) is 5.73 Å². The van der Waals surface area contributed by atoms with E-state index in [9.17, 15) is 4.79 Å². The van der Waals surface area contributed by atoms with E-state index in [0.717, 1.165) is 11.3 Å². The summed E-state index contributed by atoms with van der Waals surface area (Å²) in [6, 6.07) is 9.36. The number of nitrogens with two attached hydrogens (primary N) is 2. The fraction of sp³-hybridized carbons (Fsp3) is 0.267. The molecule has 6 heteroatoms. The zero-order valence-electron chi connectivity index (χ0n) is 12.2. The van der Waals surface area contributed by atoms with Gasteiger partial charge in [-0.3, -0.25) is 4.79 Å². The largest absolute Gasteiger partial charge is 0.398 e. The Labute approximate surface area is 123 Å². The van der Waals surface area contributed by atoms with E-state index in [2.05, 4.69) is 9.97 Å². The van der Waals surface area contributed by atoms with Crippen LogP contribution >= 0.6 is 0 Å². The van der Waals surface area contributed by atoms with Crippen LogP contribution in [0.3, 0.4) is 0 Å². The minimum absolute atomic E-state index is 0.0736. The predicted octanol–water partition coefficient (Wildman–Crippen LogP) is 1.17. The first kappa shape index (κ1) is 14.8. The van der Waals surface area contributed by atoms with E-state index in [4.69, 9.17) is 11.5 Å². The summed E-state index contributed by atoms with van der Waals surface area (Å²) in [7, 11) is 0. The molecule has 0 radical (unpaired) electrons. The van der Waals surface area contributed by atoms with Crippen LogP contribution in [0.25, 0.3) is 0 Å². The molecule has 0 aliphatic carbocycles. The number of aromatic nitrogens is 2. The van der Waals surface area contributed by atoms with Gasteiger partial charge in [-0.05, 0) is 25.5 Å². The van der Waals surface area contributed by atoms with E-state index in [1.165, 1.54) is 0 Å². The van der Waals surface area contributed by atoms with Gasteiger partial charge >= 0.3 is 0 Å². The molecule has 0 saturated carbocycles. The molecular formula is C15H19N5O. The molecule has 0 saturated heterocycles. The quantitative estimate of drug-likeness (QED) is 0.803. The van der Waals surface area contributed by atoms with E-state index in [1.54, 1.807) is 4.90 Å². The molecule has 2 rings (SSSR count). The van der Waals surface area contributed by atoms with E-state index in [-0.39, 0.29) is 6.54 Å². The van der Waals surface area contributed by atoms with Crippen LogP contribution in [-0.2, 0) is 11.3 Å². The SMILES string of the molecule is Cc1cc(N(CC(N)=O)Cc2ccccc2N)nc(C)n1. The van der Waals surface area contributed by atoms with Gasteiger partial charge in [0.15, 0.2) is 0 Å². The number of anilines is 2. The number of rotatable bonds is 5. The van der Waals surface area contributed by atoms with Gasteiger partial charge in [0.2, 0.25) is 5.91 Å². The number of primary amides is 1. The summed E-state index contributed by atoms with van der Waals surface area (Å²) in [6.07, 6.45) is 0. The molecule has 0 spiro atoms. The first-order valence-corrected chi connectivity index (χ1v) is 6.64. The molecule has 6 nitrogen and oxygen atoms in total.